The fourth-order valence-electron chi connectivity index (χ4n) is 1.49. The molecule has 0 saturated carbocycles. The number of hydrogen-bond acceptors (Lipinski definition) is 4. The molecule has 0 saturated heterocycles. The maximum Gasteiger partial charge on any atom is 0.338 e. The van der Waals surface area contributed by atoms with Crippen LogP contribution in [-0.2, 0) is 14.3 Å². The van der Waals surface area contributed by atoms with Gasteiger partial charge in [0.1, 0.15) is 0 Å². The number of carbonyl (C=O) groups is 3. The Balaban J connectivity index is 2.84. The van der Waals surface area contributed by atoms with Gasteiger partial charge in [-0.15, -0.1) is 0 Å². The second kappa shape index (κ2) is 7.23. The summed E-state index contributed by atoms with van der Waals surface area (Å²) in [7, 11) is 0. The molecule has 0 atom stereocenters. The molecule has 0 aromatic heterocycles. The molecular formula is C15H17NO5. The van der Waals surface area contributed by atoms with Crippen LogP contribution in [0.15, 0.2) is 35.9 Å². The van der Waals surface area contributed by atoms with Crippen LogP contribution in [0.25, 0.3) is 0 Å². The van der Waals surface area contributed by atoms with E-state index >= 15 is 0 Å². The van der Waals surface area contributed by atoms with Crippen molar-refractivity contribution < 1.29 is 24.2 Å². The predicted octanol–water partition coefficient (Wildman–Crippen LogP) is 2.22. The first-order valence-corrected chi connectivity index (χ1v) is 6.33. The van der Waals surface area contributed by atoms with Gasteiger partial charge in [0.25, 0.3) is 5.91 Å². The lowest BCUT2D eigenvalue weighted by molar-refractivity contribution is -0.131. The monoisotopic (exact) mass is 291 g/mol. The minimum atomic E-state index is -1.20. The molecule has 21 heavy (non-hydrogen) atoms. The Hall–Kier alpha value is -2.63. The van der Waals surface area contributed by atoms with Crippen LogP contribution in [0.5, 0.6) is 0 Å². The lowest BCUT2D eigenvalue weighted by Crippen LogP contribution is -2.15. The minimum Gasteiger partial charge on any atom is -0.478 e. The van der Waals surface area contributed by atoms with E-state index in [2.05, 4.69) is 5.32 Å². The molecule has 112 valence electrons. The summed E-state index contributed by atoms with van der Waals surface area (Å²) in [5, 5.41) is 11.1. The lowest BCUT2D eigenvalue weighted by atomic mass is 10.2. The van der Waals surface area contributed by atoms with Crippen LogP contribution in [0.4, 0.5) is 5.69 Å². The highest BCUT2D eigenvalue weighted by Crippen LogP contribution is 2.13. The fourth-order valence-corrected chi connectivity index (χ4v) is 1.49. The number of benzene rings is 1. The van der Waals surface area contributed by atoms with Crippen LogP contribution in [0.1, 0.15) is 31.1 Å². The second-order valence-electron chi connectivity index (χ2n) is 4.65. The van der Waals surface area contributed by atoms with Crippen molar-refractivity contribution in [3.63, 3.8) is 0 Å². The number of esters is 1. The van der Waals surface area contributed by atoms with E-state index in [1.165, 1.54) is 13.0 Å². The molecule has 0 heterocycles. The van der Waals surface area contributed by atoms with Gasteiger partial charge < -0.3 is 15.2 Å². The summed E-state index contributed by atoms with van der Waals surface area (Å²) >= 11 is 0. The Kier molecular flexibility index (Phi) is 5.66. The highest BCUT2D eigenvalue weighted by atomic mass is 16.5. The molecule has 6 heteroatoms. The highest BCUT2D eigenvalue weighted by molar-refractivity contribution is 6.06. The van der Waals surface area contributed by atoms with E-state index in [-0.39, 0.29) is 11.7 Å². The molecule has 0 aliphatic heterocycles. The van der Waals surface area contributed by atoms with Crippen LogP contribution in [0.2, 0.25) is 0 Å². The van der Waals surface area contributed by atoms with Crippen LogP contribution in [-0.4, -0.2) is 29.1 Å². The fraction of sp³-hybridized carbons (Fsp3) is 0.267. The van der Waals surface area contributed by atoms with Crippen molar-refractivity contribution in [2.24, 2.45) is 0 Å². The summed E-state index contributed by atoms with van der Waals surface area (Å²) in [6.07, 6.45) is 0.572. The SMILES string of the molecule is C/C(=C/C(=O)O)C(=O)Nc1cccc(C(=O)OC(C)C)c1. The maximum absolute atomic E-state index is 11.7. The quantitative estimate of drug-likeness (QED) is 0.641. The summed E-state index contributed by atoms with van der Waals surface area (Å²) in [6, 6.07) is 6.23. The Morgan fingerprint density at radius 3 is 2.52 bits per heavy atom. The van der Waals surface area contributed by atoms with E-state index in [9.17, 15) is 14.4 Å². The van der Waals surface area contributed by atoms with E-state index in [0.29, 0.717) is 11.3 Å². The van der Waals surface area contributed by atoms with Gasteiger partial charge in [0.05, 0.1) is 11.7 Å². The van der Waals surface area contributed by atoms with Crippen molar-refractivity contribution in [2.45, 2.75) is 26.9 Å². The second-order valence-corrected chi connectivity index (χ2v) is 4.65. The molecule has 0 fully saturated rings. The molecule has 0 aliphatic rings. The first-order valence-electron chi connectivity index (χ1n) is 6.33. The zero-order valence-corrected chi connectivity index (χ0v) is 12.0. The maximum atomic E-state index is 11.7. The molecule has 1 rings (SSSR count). The van der Waals surface area contributed by atoms with E-state index in [4.69, 9.17) is 9.84 Å². The number of hydrogen-bond donors (Lipinski definition) is 2. The van der Waals surface area contributed by atoms with E-state index in [1.54, 1.807) is 32.0 Å². The summed E-state index contributed by atoms with van der Waals surface area (Å²) < 4.78 is 5.06. The van der Waals surface area contributed by atoms with Crippen molar-refractivity contribution >= 4 is 23.5 Å². The molecule has 0 bridgehead atoms. The number of carbonyl (C=O) groups excluding carboxylic acids is 2. The Labute approximate surface area is 122 Å². The van der Waals surface area contributed by atoms with Crippen molar-refractivity contribution in [1.82, 2.24) is 0 Å². The summed E-state index contributed by atoms with van der Waals surface area (Å²) in [4.78, 5) is 34.0. The summed E-state index contributed by atoms with van der Waals surface area (Å²) in [5.74, 6) is -2.23. The summed E-state index contributed by atoms with van der Waals surface area (Å²) in [6.45, 7) is 4.87. The van der Waals surface area contributed by atoms with Gasteiger partial charge in [0, 0.05) is 17.3 Å². The topological polar surface area (TPSA) is 92.7 Å². The Bertz CT molecular complexity index is 589. The number of aliphatic carboxylic acids is 1. The average molecular weight is 291 g/mol. The lowest BCUT2D eigenvalue weighted by Gasteiger charge is -2.09. The molecule has 0 radical (unpaired) electrons. The van der Waals surface area contributed by atoms with Gasteiger partial charge in [-0.25, -0.2) is 9.59 Å². The third-order valence-corrected chi connectivity index (χ3v) is 2.40. The normalized spacial score (nSPS) is 11.1. The predicted molar refractivity (Wildman–Crippen MR) is 77.0 cm³/mol. The van der Waals surface area contributed by atoms with Crippen LogP contribution in [0.3, 0.4) is 0 Å². The standard InChI is InChI=1S/C15H17NO5/c1-9(2)21-15(20)11-5-4-6-12(8-11)16-14(19)10(3)7-13(17)18/h4-9H,1-3H3,(H,16,19)(H,17,18)/b10-7-. The third kappa shape index (κ3) is 5.48. The number of carboxylic acids is 1. The Morgan fingerprint density at radius 1 is 1.29 bits per heavy atom. The van der Waals surface area contributed by atoms with Gasteiger partial charge in [-0.05, 0) is 39.0 Å². The molecule has 0 aliphatic carbocycles. The first-order chi connectivity index (χ1) is 9.79. The molecule has 1 aromatic rings. The van der Waals surface area contributed by atoms with Gasteiger partial charge >= 0.3 is 11.9 Å². The molecular weight excluding hydrogens is 274 g/mol. The van der Waals surface area contributed by atoms with Crippen LogP contribution in [0, 0.1) is 0 Å². The first kappa shape index (κ1) is 16.4. The van der Waals surface area contributed by atoms with Crippen LogP contribution >= 0.6 is 0 Å². The number of carboxylic acid groups (broad SMARTS) is 1. The smallest absolute Gasteiger partial charge is 0.338 e. The number of anilines is 1. The van der Waals surface area contributed by atoms with Gasteiger partial charge in [-0.1, -0.05) is 6.07 Å². The Morgan fingerprint density at radius 2 is 1.95 bits per heavy atom. The van der Waals surface area contributed by atoms with Crippen molar-refractivity contribution in [2.75, 3.05) is 5.32 Å². The van der Waals surface area contributed by atoms with Gasteiger partial charge in [0.15, 0.2) is 0 Å². The molecule has 2 N–H and O–H groups in total. The number of ether oxygens (including phenoxy) is 1. The molecule has 1 amide bonds. The molecule has 6 nitrogen and oxygen atoms in total. The van der Waals surface area contributed by atoms with Gasteiger partial charge in [-0.3, -0.25) is 4.79 Å². The molecule has 0 spiro atoms. The number of rotatable bonds is 5. The number of amides is 1. The summed E-state index contributed by atoms with van der Waals surface area (Å²) in [5.41, 5.74) is 0.746. The molecule has 1 aromatic carbocycles. The zero-order valence-electron chi connectivity index (χ0n) is 12.0. The highest BCUT2D eigenvalue weighted by Gasteiger charge is 2.11. The van der Waals surface area contributed by atoms with E-state index in [0.717, 1.165) is 6.08 Å². The average Bonchev–Trinajstić information content (AvgIpc) is 2.37. The van der Waals surface area contributed by atoms with Crippen molar-refractivity contribution in [3.05, 3.63) is 41.5 Å². The van der Waals surface area contributed by atoms with Crippen LogP contribution < -0.4 is 5.32 Å². The van der Waals surface area contributed by atoms with Gasteiger partial charge in [0.2, 0.25) is 0 Å². The third-order valence-electron chi connectivity index (χ3n) is 2.40. The van der Waals surface area contributed by atoms with E-state index < -0.39 is 17.8 Å². The van der Waals surface area contributed by atoms with Crippen molar-refractivity contribution in [1.29, 1.82) is 0 Å². The number of nitrogens with one attached hydrogen (secondary N) is 1. The largest absolute Gasteiger partial charge is 0.478 e. The zero-order chi connectivity index (χ0) is 16.0. The van der Waals surface area contributed by atoms with Gasteiger partial charge in [-0.2, -0.15) is 0 Å². The van der Waals surface area contributed by atoms with E-state index in [1.807, 2.05) is 0 Å². The van der Waals surface area contributed by atoms with Crippen molar-refractivity contribution in [3.8, 4) is 0 Å². The minimum absolute atomic E-state index is 0.0534. The molecule has 0 unspecified atom stereocenters.